The summed E-state index contributed by atoms with van der Waals surface area (Å²) in [6.07, 6.45) is -3.14. The molecular weight excluding hydrogens is 311 g/mol. The summed E-state index contributed by atoms with van der Waals surface area (Å²) in [6, 6.07) is 0. The molecule has 0 spiro atoms. The zero-order chi connectivity index (χ0) is 16.0. The van der Waals surface area contributed by atoms with Crippen LogP contribution in [-0.2, 0) is 28.2 Å². The molecular formula is C10H11O10P-2. The molecule has 4 atom stereocenters. The second-order valence-corrected chi connectivity index (χ2v) is 5.91. The Labute approximate surface area is 118 Å². The lowest BCUT2D eigenvalue weighted by Crippen LogP contribution is -2.47. The molecule has 10 nitrogen and oxygen atoms in total. The highest BCUT2D eigenvalue weighted by Gasteiger charge is 2.51. The molecule has 2 rings (SSSR count). The Morgan fingerprint density at radius 3 is 2.52 bits per heavy atom. The zero-order valence-corrected chi connectivity index (χ0v) is 11.5. The van der Waals surface area contributed by atoms with Gasteiger partial charge in [-0.3, -0.25) is 4.52 Å². The van der Waals surface area contributed by atoms with Crippen molar-refractivity contribution in [3.63, 3.8) is 0 Å². The van der Waals surface area contributed by atoms with Crippen LogP contribution in [0, 0.1) is 0 Å². The second kappa shape index (κ2) is 5.16. The number of hydrogen-bond acceptors (Lipinski definition) is 8. The van der Waals surface area contributed by atoms with Gasteiger partial charge in [0, 0.05) is 6.42 Å². The molecule has 21 heavy (non-hydrogen) atoms. The smallest absolute Gasteiger partial charge is 0.470 e. The summed E-state index contributed by atoms with van der Waals surface area (Å²) in [7, 11) is -4.96. The van der Waals surface area contributed by atoms with Gasteiger partial charge in [0.2, 0.25) is 5.79 Å². The fraction of sp³-hybridized carbons (Fsp3) is 0.600. The number of fused-ring (bicyclic) bond motifs is 1. The monoisotopic (exact) mass is 322 g/mol. The Balaban J connectivity index is 2.31. The molecule has 1 fully saturated rings. The van der Waals surface area contributed by atoms with Crippen molar-refractivity contribution in [1.82, 2.24) is 0 Å². The average Bonchev–Trinajstić information content (AvgIpc) is 2.65. The molecule has 0 bridgehead atoms. The highest BCUT2D eigenvalue weighted by Crippen LogP contribution is 2.44. The third kappa shape index (κ3) is 3.31. The van der Waals surface area contributed by atoms with Gasteiger partial charge in [-0.15, -0.1) is 0 Å². The molecule has 0 unspecified atom stereocenters. The fourth-order valence-electron chi connectivity index (χ4n) is 2.23. The summed E-state index contributed by atoms with van der Waals surface area (Å²) < 4.78 is 25.5. The fourth-order valence-corrected chi connectivity index (χ4v) is 2.73. The van der Waals surface area contributed by atoms with E-state index in [9.17, 15) is 24.4 Å². The number of rotatable bonds is 4. The van der Waals surface area contributed by atoms with Crippen molar-refractivity contribution in [1.29, 1.82) is 0 Å². The lowest BCUT2D eigenvalue weighted by atomic mass is 9.92. The van der Waals surface area contributed by atoms with E-state index in [-0.39, 0.29) is 12.0 Å². The molecule has 0 aromatic heterocycles. The van der Waals surface area contributed by atoms with Gasteiger partial charge < -0.3 is 39.1 Å². The Bertz CT molecular complexity index is 550. The van der Waals surface area contributed by atoms with Crippen LogP contribution in [0.1, 0.15) is 13.3 Å². The van der Waals surface area contributed by atoms with Crippen molar-refractivity contribution >= 4 is 19.8 Å². The van der Waals surface area contributed by atoms with Gasteiger partial charge in [0.1, 0.15) is 18.2 Å². The number of ether oxygens (including phenoxy) is 2. The van der Waals surface area contributed by atoms with E-state index >= 15 is 0 Å². The van der Waals surface area contributed by atoms with Crippen LogP contribution in [0.25, 0.3) is 0 Å². The molecule has 0 amide bonds. The molecule has 0 radical (unpaired) electrons. The van der Waals surface area contributed by atoms with E-state index in [2.05, 4.69) is 4.52 Å². The van der Waals surface area contributed by atoms with Crippen molar-refractivity contribution in [3.05, 3.63) is 11.6 Å². The van der Waals surface area contributed by atoms with E-state index in [1.54, 1.807) is 0 Å². The highest BCUT2D eigenvalue weighted by molar-refractivity contribution is 7.46. The summed E-state index contributed by atoms with van der Waals surface area (Å²) in [5.74, 6) is -5.46. The second-order valence-electron chi connectivity index (χ2n) is 4.72. The molecule has 2 N–H and O–H groups in total. The van der Waals surface area contributed by atoms with Crippen LogP contribution in [0.4, 0.5) is 0 Å². The van der Waals surface area contributed by atoms with Crippen LogP contribution >= 0.6 is 7.82 Å². The van der Waals surface area contributed by atoms with Crippen LogP contribution in [0.15, 0.2) is 11.6 Å². The lowest BCUT2D eigenvalue weighted by Gasteiger charge is -2.30. The van der Waals surface area contributed by atoms with Crippen LogP contribution in [0.2, 0.25) is 0 Å². The highest BCUT2D eigenvalue weighted by atomic mass is 31.2. The largest absolute Gasteiger partial charge is 0.545 e. The minimum absolute atomic E-state index is 0.253. The van der Waals surface area contributed by atoms with Gasteiger partial charge in [0.25, 0.3) is 0 Å². The predicted octanol–water partition coefficient (Wildman–Crippen LogP) is -3.21. The summed E-state index contributed by atoms with van der Waals surface area (Å²) in [5, 5.41) is 21.9. The zero-order valence-electron chi connectivity index (χ0n) is 10.6. The maximum absolute atomic E-state index is 11.0. The summed E-state index contributed by atoms with van der Waals surface area (Å²) >= 11 is 0. The lowest BCUT2D eigenvalue weighted by molar-refractivity contribution is -0.344. The molecule has 1 saturated heterocycles. The van der Waals surface area contributed by atoms with Crippen molar-refractivity contribution in [2.75, 3.05) is 0 Å². The molecule has 0 saturated carbocycles. The molecule has 1 heterocycles. The van der Waals surface area contributed by atoms with Gasteiger partial charge in [-0.1, -0.05) is 0 Å². The van der Waals surface area contributed by atoms with E-state index < -0.39 is 43.9 Å². The number of carboxylic acid groups (broad SMARTS) is 2. The minimum atomic E-state index is -4.96. The van der Waals surface area contributed by atoms with Crippen molar-refractivity contribution in [3.8, 4) is 0 Å². The summed E-state index contributed by atoms with van der Waals surface area (Å²) in [5.41, 5.74) is -0.333. The van der Waals surface area contributed by atoms with Crippen molar-refractivity contribution in [2.24, 2.45) is 0 Å². The molecule has 1 aliphatic carbocycles. The Morgan fingerprint density at radius 2 is 2.05 bits per heavy atom. The molecule has 0 aromatic rings. The van der Waals surface area contributed by atoms with Crippen LogP contribution in [0.5, 0.6) is 0 Å². The van der Waals surface area contributed by atoms with Crippen LogP contribution in [0.3, 0.4) is 0 Å². The van der Waals surface area contributed by atoms with Crippen molar-refractivity contribution in [2.45, 2.75) is 37.4 Å². The number of phosphoric ester groups is 1. The quantitative estimate of drug-likeness (QED) is 0.503. The Hall–Kier alpha value is -1.29. The summed E-state index contributed by atoms with van der Waals surface area (Å²) in [6.45, 7) is 1.04. The van der Waals surface area contributed by atoms with Gasteiger partial charge in [-0.05, 0) is 18.6 Å². The predicted molar refractivity (Wildman–Crippen MR) is 57.8 cm³/mol. The first kappa shape index (κ1) is 16.1. The minimum Gasteiger partial charge on any atom is -0.545 e. The van der Waals surface area contributed by atoms with E-state index in [1.165, 1.54) is 0 Å². The number of hydrogen-bond donors (Lipinski definition) is 2. The van der Waals surface area contributed by atoms with Gasteiger partial charge in [0.15, 0.2) is 0 Å². The first-order valence-corrected chi connectivity index (χ1v) is 7.28. The first-order chi connectivity index (χ1) is 9.52. The van der Waals surface area contributed by atoms with Crippen LogP contribution in [-0.4, -0.2) is 45.8 Å². The van der Waals surface area contributed by atoms with Gasteiger partial charge in [-0.25, -0.2) is 4.57 Å². The average molecular weight is 322 g/mol. The van der Waals surface area contributed by atoms with E-state index in [0.29, 0.717) is 0 Å². The molecule has 118 valence electrons. The van der Waals surface area contributed by atoms with Crippen molar-refractivity contribution < 1.29 is 48.2 Å². The number of carbonyl (C=O) groups is 2. The molecule has 11 heteroatoms. The first-order valence-electron chi connectivity index (χ1n) is 5.75. The van der Waals surface area contributed by atoms with E-state index in [4.69, 9.17) is 19.3 Å². The van der Waals surface area contributed by atoms with Crippen LogP contribution < -0.4 is 10.2 Å². The number of carbonyl (C=O) groups excluding carboxylic acids is 2. The number of aliphatic carboxylic acids is 2. The van der Waals surface area contributed by atoms with Gasteiger partial charge >= 0.3 is 7.82 Å². The molecule has 0 aromatic carbocycles. The van der Waals surface area contributed by atoms with Gasteiger partial charge in [-0.2, -0.15) is 0 Å². The maximum Gasteiger partial charge on any atom is 0.470 e. The standard InChI is InChI=1S/C10H13O10P/c1-10(9(13)14)18-5-2-4(8(11)12)3-6(7(5)19-10)20-21(15,16)17/h3,5-7H,2H2,1H3,(H,11,12)(H,13,14)(H2,15,16,17)/p-2/t5-,6-,7+,10+/m1/s1. The molecule has 1 aliphatic heterocycles. The van der Waals surface area contributed by atoms with E-state index in [1.807, 2.05) is 0 Å². The van der Waals surface area contributed by atoms with E-state index in [0.717, 1.165) is 13.0 Å². The normalized spacial score (nSPS) is 36.0. The number of carboxylic acids is 2. The topological polar surface area (TPSA) is 165 Å². The Kier molecular flexibility index (Phi) is 3.96. The Morgan fingerprint density at radius 1 is 1.43 bits per heavy atom. The number of phosphoric acid groups is 1. The third-order valence-corrected chi connectivity index (χ3v) is 3.62. The maximum atomic E-state index is 11.0. The van der Waals surface area contributed by atoms with Gasteiger partial charge in [0.05, 0.1) is 12.1 Å². The molecule has 2 aliphatic rings. The third-order valence-electron chi connectivity index (χ3n) is 3.11. The SMILES string of the molecule is C[C@@]1(C(=O)[O-])O[C@@H]2[C@H](OP(=O)(O)O)C=C(C(=O)[O-])C[C@H]2O1. The summed E-state index contributed by atoms with van der Waals surface area (Å²) in [4.78, 5) is 39.5.